The minimum Gasteiger partial charge on any atom is -0.491 e. The second-order valence-electron chi connectivity index (χ2n) is 6.38. The molecule has 0 radical (unpaired) electrons. The maximum atomic E-state index is 12.3. The molecule has 0 spiro atoms. The molecule has 0 saturated heterocycles. The quantitative estimate of drug-likeness (QED) is 0.737. The van der Waals surface area contributed by atoms with Crippen LogP contribution in [0.1, 0.15) is 35.3 Å². The van der Waals surface area contributed by atoms with Crippen molar-refractivity contribution in [2.75, 3.05) is 5.32 Å². The molecule has 0 saturated carbocycles. The lowest BCUT2D eigenvalue weighted by atomic mass is 10.1. The maximum absolute atomic E-state index is 12.3. The Morgan fingerprint density at radius 3 is 2.50 bits per heavy atom. The van der Waals surface area contributed by atoms with Gasteiger partial charge in [-0.25, -0.2) is 0 Å². The van der Waals surface area contributed by atoms with Crippen LogP contribution in [-0.4, -0.2) is 22.2 Å². The second-order valence-corrected chi connectivity index (χ2v) is 6.38. The summed E-state index contributed by atoms with van der Waals surface area (Å²) < 4.78 is 11.2. The van der Waals surface area contributed by atoms with E-state index in [9.17, 15) is 4.79 Å². The number of aromatic nitrogens is 2. The number of nitrogens with one attached hydrogen (secondary N) is 1. The van der Waals surface area contributed by atoms with Gasteiger partial charge in [-0.15, -0.1) is 5.10 Å². The van der Waals surface area contributed by atoms with Crippen LogP contribution in [0.4, 0.5) is 6.01 Å². The van der Waals surface area contributed by atoms with Gasteiger partial charge in [0.05, 0.1) is 6.10 Å². The van der Waals surface area contributed by atoms with Gasteiger partial charge in [0.1, 0.15) is 5.75 Å². The number of hydrogen-bond acceptors (Lipinski definition) is 5. The van der Waals surface area contributed by atoms with Crippen molar-refractivity contribution in [1.82, 2.24) is 10.2 Å². The third kappa shape index (κ3) is 4.08. The number of anilines is 1. The molecule has 0 atom stereocenters. The summed E-state index contributed by atoms with van der Waals surface area (Å²) in [6.07, 6.45) is 0.0802. The van der Waals surface area contributed by atoms with E-state index < -0.39 is 0 Å². The molecule has 0 aliphatic rings. The molecule has 26 heavy (non-hydrogen) atoms. The Morgan fingerprint density at radius 1 is 1.08 bits per heavy atom. The zero-order valence-corrected chi connectivity index (χ0v) is 15.2. The summed E-state index contributed by atoms with van der Waals surface area (Å²) in [5.74, 6) is 0.769. The molecule has 2 aromatic carbocycles. The van der Waals surface area contributed by atoms with Crippen LogP contribution in [0.3, 0.4) is 0 Å². The van der Waals surface area contributed by atoms with Gasteiger partial charge >= 0.3 is 6.01 Å². The fourth-order valence-corrected chi connectivity index (χ4v) is 2.48. The van der Waals surface area contributed by atoms with Crippen molar-refractivity contribution in [1.29, 1.82) is 0 Å². The number of hydrogen-bond donors (Lipinski definition) is 1. The number of amides is 1. The average molecular weight is 351 g/mol. The SMILES string of the molecule is Cc1ccc(C)c(-c2nnc(NC(=O)c3ccc(OC(C)C)cc3)o2)c1. The van der Waals surface area contributed by atoms with Crippen LogP contribution in [0.25, 0.3) is 11.5 Å². The highest BCUT2D eigenvalue weighted by atomic mass is 16.5. The molecule has 1 N–H and O–H groups in total. The zero-order valence-electron chi connectivity index (χ0n) is 15.2. The van der Waals surface area contributed by atoms with Gasteiger partial charge in [0.2, 0.25) is 5.89 Å². The van der Waals surface area contributed by atoms with Crippen molar-refractivity contribution >= 4 is 11.9 Å². The van der Waals surface area contributed by atoms with E-state index in [0.717, 1.165) is 16.7 Å². The lowest BCUT2D eigenvalue weighted by Gasteiger charge is -2.09. The number of aryl methyl sites for hydroxylation is 2. The van der Waals surface area contributed by atoms with Crippen molar-refractivity contribution in [3.8, 4) is 17.2 Å². The predicted octanol–water partition coefficient (Wildman–Crippen LogP) is 4.39. The van der Waals surface area contributed by atoms with Gasteiger partial charge in [-0.2, -0.15) is 0 Å². The lowest BCUT2D eigenvalue weighted by Crippen LogP contribution is -2.12. The van der Waals surface area contributed by atoms with Crippen LogP contribution in [0.15, 0.2) is 46.9 Å². The van der Waals surface area contributed by atoms with E-state index in [4.69, 9.17) is 9.15 Å². The molecular formula is C20H21N3O3. The van der Waals surface area contributed by atoms with E-state index in [1.54, 1.807) is 24.3 Å². The maximum Gasteiger partial charge on any atom is 0.322 e. The van der Waals surface area contributed by atoms with Gasteiger partial charge in [-0.3, -0.25) is 10.1 Å². The molecule has 0 unspecified atom stereocenters. The topological polar surface area (TPSA) is 77.2 Å². The molecule has 0 aliphatic carbocycles. The molecule has 1 heterocycles. The van der Waals surface area contributed by atoms with E-state index in [1.807, 2.05) is 45.9 Å². The summed E-state index contributed by atoms with van der Waals surface area (Å²) in [4.78, 5) is 12.3. The van der Waals surface area contributed by atoms with Gasteiger partial charge in [-0.1, -0.05) is 22.8 Å². The normalized spacial score (nSPS) is 10.8. The van der Waals surface area contributed by atoms with Crippen LogP contribution in [0.2, 0.25) is 0 Å². The summed E-state index contributed by atoms with van der Waals surface area (Å²) in [5.41, 5.74) is 3.46. The fraction of sp³-hybridized carbons (Fsp3) is 0.250. The molecule has 0 aliphatic heterocycles. The van der Waals surface area contributed by atoms with Gasteiger partial charge in [0, 0.05) is 11.1 Å². The predicted molar refractivity (Wildman–Crippen MR) is 99.4 cm³/mol. The van der Waals surface area contributed by atoms with Gasteiger partial charge < -0.3 is 9.15 Å². The number of benzene rings is 2. The Kier molecular flexibility index (Phi) is 5.02. The Bertz CT molecular complexity index is 914. The number of rotatable bonds is 5. The van der Waals surface area contributed by atoms with Crippen molar-refractivity contribution in [2.24, 2.45) is 0 Å². The van der Waals surface area contributed by atoms with E-state index in [0.29, 0.717) is 17.2 Å². The summed E-state index contributed by atoms with van der Waals surface area (Å²) in [5, 5.41) is 10.6. The standard InChI is InChI=1S/C20H21N3O3/c1-12(2)25-16-9-7-15(8-10-16)18(24)21-20-23-22-19(26-20)17-11-13(3)5-6-14(17)4/h5-12H,1-4H3,(H,21,23,24). The molecule has 0 fully saturated rings. The Labute approximate surface area is 152 Å². The largest absolute Gasteiger partial charge is 0.491 e. The minimum atomic E-state index is -0.322. The van der Waals surface area contributed by atoms with E-state index in [-0.39, 0.29) is 18.0 Å². The Balaban J connectivity index is 1.72. The first-order chi connectivity index (χ1) is 12.4. The number of carbonyl (C=O) groups excluding carboxylic acids is 1. The van der Waals surface area contributed by atoms with Crippen molar-refractivity contribution in [3.05, 3.63) is 59.2 Å². The smallest absolute Gasteiger partial charge is 0.322 e. The van der Waals surface area contributed by atoms with Gasteiger partial charge in [0.25, 0.3) is 5.91 Å². The van der Waals surface area contributed by atoms with E-state index in [1.165, 1.54) is 0 Å². The summed E-state index contributed by atoms with van der Waals surface area (Å²) >= 11 is 0. The fourth-order valence-electron chi connectivity index (χ4n) is 2.48. The van der Waals surface area contributed by atoms with Crippen LogP contribution in [-0.2, 0) is 0 Å². The molecule has 1 aromatic heterocycles. The van der Waals surface area contributed by atoms with Crippen molar-refractivity contribution in [2.45, 2.75) is 33.8 Å². The highest BCUT2D eigenvalue weighted by molar-refractivity contribution is 6.03. The highest BCUT2D eigenvalue weighted by Crippen LogP contribution is 2.25. The summed E-state index contributed by atoms with van der Waals surface area (Å²) in [6, 6.07) is 12.9. The molecule has 3 aromatic rings. The van der Waals surface area contributed by atoms with Crippen molar-refractivity contribution in [3.63, 3.8) is 0 Å². The van der Waals surface area contributed by atoms with Crippen LogP contribution >= 0.6 is 0 Å². The summed E-state index contributed by atoms with van der Waals surface area (Å²) in [6.45, 7) is 7.86. The molecule has 6 heteroatoms. The van der Waals surface area contributed by atoms with Crippen LogP contribution in [0, 0.1) is 13.8 Å². The molecule has 3 rings (SSSR count). The number of carbonyl (C=O) groups is 1. The third-order valence-electron chi connectivity index (χ3n) is 3.76. The van der Waals surface area contributed by atoms with E-state index in [2.05, 4.69) is 15.5 Å². The molecule has 1 amide bonds. The monoisotopic (exact) mass is 351 g/mol. The first-order valence-electron chi connectivity index (χ1n) is 8.41. The summed E-state index contributed by atoms with van der Waals surface area (Å²) in [7, 11) is 0. The second kappa shape index (κ2) is 7.39. The average Bonchev–Trinajstić information content (AvgIpc) is 3.05. The first kappa shape index (κ1) is 17.7. The molecule has 6 nitrogen and oxygen atoms in total. The molecule has 134 valence electrons. The Hall–Kier alpha value is -3.15. The van der Waals surface area contributed by atoms with Crippen molar-refractivity contribution < 1.29 is 13.9 Å². The minimum absolute atomic E-state index is 0.0633. The van der Waals surface area contributed by atoms with Gasteiger partial charge in [0.15, 0.2) is 0 Å². The number of ether oxygens (including phenoxy) is 1. The first-order valence-corrected chi connectivity index (χ1v) is 8.41. The zero-order chi connectivity index (χ0) is 18.7. The number of nitrogens with zero attached hydrogens (tertiary/aromatic N) is 2. The highest BCUT2D eigenvalue weighted by Gasteiger charge is 2.14. The van der Waals surface area contributed by atoms with Crippen LogP contribution < -0.4 is 10.1 Å². The van der Waals surface area contributed by atoms with E-state index >= 15 is 0 Å². The van der Waals surface area contributed by atoms with Gasteiger partial charge in [-0.05, 0) is 63.6 Å². The Morgan fingerprint density at radius 2 is 1.81 bits per heavy atom. The van der Waals surface area contributed by atoms with Crippen LogP contribution in [0.5, 0.6) is 5.75 Å². The lowest BCUT2D eigenvalue weighted by molar-refractivity contribution is 0.102. The molecular weight excluding hydrogens is 330 g/mol. The molecule has 0 bridgehead atoms. The third-order valence-corrected chi connectivity index (χ3v) is 3.76.